The highest BCUT2D eigenvalue weighted by molar-refractivity contribution is 5.91. The summed E-state index contributed by atoms with van der Waals surface area (Å²) >= 11 is 0. The molecule has 6 heteroatoms. The summed E-state index contributed by atoms with van der Waals surface area (Å²) in [6.45, 7) is 4.63. The van der Waals surface area contributed by atoms with Crippen molar-refractivity contribution in [1.82, 2.24) is 14.5 Å². The number of amides is 1. The molecule has 1 amide bonds. The fraction of sp³-hybridized carbons (Fsp3) is 0.348. The van der Waals surface area contributed by atoms with Crippen molar-refractivity contribution < 1.29 is 14.3 Å². The Morgan fingerprint density at radius 1 is 1.17 bits per heavy atom. The Hall–Kier alpha value is -3.15. The highest BCUT2D eigenvalue weighted by Gasteiger charge is 2.34. The number of pyridine rings is 1. The molecule has 2 aromatic heterocycles. The smallest absolute Gasteiger partial charge is 0.410 e. The molecule has 1 aliphatic rings. The summed E-state index contributed by atoms with van der Waals surface area (Å²) in [6.07, 6.45) is 4.85. The van der Waals surface area contributed by atoms with Crippen molar-refractivity contribution in [3.8, 4) is 0 Å². The van der Waals surface area contributed by atoms with Crippen LogP contribution >= 0.6 is 0 Å². The molecule has 3 heterocycles. The average molecular weight is 391 g/mol. The van der Waals surface area contributed by atoms with Crippen LogP contribution in [0.4, 0.5) is 4.79 Å². The number of hydrogen-bond donors (Lipinski definition) is 0. The lowest BCUT2D eigenvalue weighted by Crippen LogP contribution is -2.37. The average Bonchev–Trinajstić information content (AvgIpc) is 3.28. The molecule has 4 rings (SSSR count). The number of hydrogen-bond acceptors (Lipinski definition) is 4. The summed E-state index contributed by atoms with van der Waals surface area (Å²) in [6, 6.07) is 13.6. The van der Waals surface area contributed by atoms with E-state index >= 15 is 0 Å². The van der Waals surface area contributed by atoms with Gasteiger partial charge in [0.1, 0.15) is 12.3 Å². The van der Waals surface area contributed by atoms with Crippen molar-refractivity contribution >= 4 is 23.0 Å². The number of rotatable bonds is 4. The summed E-state index contributed by atoms with van der Waals surface area (Å²) in [7, 11) is 0. The molecule has 0 unspecified atom stereocenters. The maximum atomic E-state index is 12.8. The molecular weight excluding hydrogens is 366 g/mol. The van der Waals surface area contributed by atoms with Gasteiger partial charge in [0.15, 0.2) is 0 Å². The third-order valence-electron chi connectivity index (χ3n) is 5.50. The van der Waals surface area contributed by atoms with Gasteiger partial charge in [-0.3, -0.25) is 9.36 Å². The molecule has 1 aromatic carbocycles. The molecule has 0 aliphatic carbocycles. The van der Waals surface area contributed by atoms with Gasteiger partial charge in [-0.2, -0.15) is 0 Å². The van der Waals surface area contributed by atoms with E-state index in [9.17, 15) is 9.59 Å². The number of carbonyl (C=O) groups excluding carboxylic acids is 2. The first-order valence-electron chi connectivity index (χ1n) is 9.96. The van der Waals surface area contributed by atoms with E-state index in [0.717, 1.165) is 22.9 Å². The van der Waals surface area contributed by atoms with E-state index in [0.29, 0.717) is 24.5 Å². The summed E-state index contributed by atoms with van der Waals surface area (Å²) < 4.78 is 7.16. The fourth-order valence-electron chi connectivity index (χ4n) is 4.15. The van der Waals surface area contributed by atoms with Crippen molar-refractivity contribution in [3.05, 3.63) is 66.0 Å². The normalized spacial score (nSPS) is 18.9. The maximum absolute atomic E-state index is 12.8. The van der Waals surface area contributed by atoms with Crippen molar-refractivity contribution in [2.45, 2.75) is 39.3 Å². The molecule has 2 atom stereocenters. The Morgan fingerprint density at radius 3 is 2.72 bits per heavy atom. The first-order chi connectivity index (χ1) is 14.0. The first kappa shape index (κ1) is 19.2. The number of nitrogens with zero attached hydrogens (tertiary/aromatic N) is 3. The predicted molar refractivity (Wildman–Crippen MR) is 111 cm³/mol. The molecule has 29 heavy (non-hydrogen) atoms. The van der Waals surface area contributed by atoms with Crippen molar-refractivity contribution in [1.29, 1.82) is 0 Å². The lowest BCUT2D eigenvalue weighted by Gasteiger charge is -2.24. The Labute approximate surface area is 170 Å². The Kier molecular flexibility index (Phi) is 5.34. The van der Waals surface area contributed by atoms with Gasteiger partial charge in [0.05, 0.1) is 0 Å². The van der Waals surface area contributed by atoms with Crippen LogP contribution in [0.5, 0.6) is 0 Å². The second kappa shape index (κ2) is 8.07. The zero-order valence-electron chi connectivity index (χ0n) is 16.7. The molecule has 0 spiro atoms. The predicted octanol–water partition coefficient (Wildman–Crippen LogP) is 4.29. The summed E-state index contributed by atoms with van der Waals surface area (Å²) in [5.74, 6) is 0.336. The van der Waals surface area contributed by atoms with E-state index in [-0.39, 0.29) is 24.6 Å². The number of fused-ring (bicyclic) bond motifs is 1. The Bertz CT molecular complexity index is 1030. The number of carbonyl (C=O) groups is 2. The molecule has 0 bridgehead atoms. The quantitative estimate of drug-likeness (QED) is 0.666. The molecule has 1 aliphatic heterocycles. The van der Waals surface area contributed by atoms with Crippen LogP contribution in [-0.2, 0) is 17.8 Å². The topological polar surface area (TPSA) is 64.4 Å². The van der Waals surface area contributed by atoms with Gasteiger partial charge in [0.2, 0.25) is 5.91 Å². The van der Waals surface area contributed by atoms with Gasteiger partial charge in [0.25, 0.3) is 0 Å². The summed E-state index contributed by atoms with van der Waals surface area (Å²) in [4.78, 5) is 31.0. The minimum atomic E-state index is -0.281. The monoisotopic (exact) mass is 391 g/mol. The lowest BCUT2D eigenvalue weighted by molar-refractivity contribution is 0.0909. The minimum absolute atomic E-state index is 0.0412. The molecule has 3 aromatic rings. The van der Waals surface area contributed by atoms with Crippen molar-refractivity contribution in [3.63, 3.8) is 0 Å². The third kappa shape index (κ3) is 4.01. The van der Waals surface area contributed by atoms with E-state index in [2.05, 4.69) is 11.9 Å². The Balaban J connectivity index is 1.52. The van der Waals surface area contributed by atoms with Crippen LogP contribution in [0.25, 0.3) is 11.0 Å². The van der Waals surface area contributed by atoms with Crippen LogP contribution < -0.4 is 0 Å². The van der Waals surface area contributed by atoms with Crippen LogP contribution in [0, 0.1) is 5.92 Å². The van der Waals surface area contributed by atoms with Crippen molar-refractivity contribution in [2.75, 3.05) is 6.54 Å². The molecule has 150 valence electrons. The van der Waals surface area contributed by atoms with Gasteiger partial charge in [-0.05, 0) is 42.0 Å². The second-order valence-corrected chi connectivity index (χ2v) is 7.81. The van der Waals surface area contributed by atoms with Crippen molar-refractivity contribution in [2.24, 2.45) is 5.92 Å². The third-order valence-corrected chi connectivity index (χ3v) is 5.50. The number of likely N-dealkylation sites (tertiary alicyclic amines) is 1. The van der Waals surface area contributed by atoms with Gasteiger partial charge in [0, 0.05) is 37.3 Å². The van der Waals surface area contributed by atoms with Gasteiger partial charge < -0.3 is 9.64 Å². The molecule has 1 saturated heterocycles. The highest BCUT2D eigenvalue weighted by Crippen LogP contribution is 2.29. The van der Waals surface area contributed by atoms with Crippen LogP contribution in [0.3, 0.4) is 0 Å². The van der Waals surface area contributed by atoms with Crippen LogP contribution in [0.15, 0.2) is 54.9 Å². The summed E-state index contributed by atoms with van der Waals surface area (Å²) in [5, 5.41) is 0.958. The van der Waals surface area contributed by atoms with Gasteiger partial charge >= 0.3 is 6.09 Å². The van der Waals surface area contributed by atoms with E-state index < -0.39 is 0 Å². The zero-order chi connectivity index (χ0) is 20.4. The van der Waals surface area contributed by atoms with Crippen LogP contribution in [0.2, 0.25) is 0 Å². The molecule has 1 fully saturated rings. The highest BCUT2D eigenvalue weighted by atomic mass is 16.6. The van der Waals surface area contributed by atoms with Gasteiger partial charge in [-0.1, -0.05) is 37.3 Å². The molecule has 0 saturated carbocycles. The zero-order valence-corrected chi connectivity index (χ0v) is 16.7. The van der Waals surface area contributed by atoms with E-state index in [1.807, 2.05) is 53.6 Å². The standard InChI is InChI=1S/C23H25N3O3/c1-16-11-20(26(13-16)23(28)29-15-18-7-4-3-5-8-18)12-19-14-25(17(2)27)22-21(19)9-6-10-24-22/h3-10,14,16,20H,11-13,15H2,1-2H3/t16-,20+/m1/s1. The van der Waals surface area contributed by atoms with Crippen LogP contribution in [0.1, 0.15) is 36.2 Å². The number of aromatic nitrogens is 2. The maximum Gasteiger partial charge on any atom is 0.410 e. The van der Waals surface area contributed by atoms with E-state index in [1.54, 1.807) is 10.8 Å². The van der Waals surface area contributed by atoms with E-state index in [1.165, 1.54) is 6.92 Å². The molecule has 0 N–H and O–H groups in total. The van der Waals surface area contributed by atoms with Crippen LogP contribution in [-0.4, -0.2) is 39.0 Å². The minimum Gasteiger partial charge on any atom is -0.445 e. The fourth-order valence-corrected chi connectivity index (χ4v) is 4.15. The summed E-state index contributed by atoms with van der Waals surface area (Å²) in [5.41, 5.74) is 2.67. The SMILES string of the molecule is CC(=O)n1cc(C[C@@H]2C[C@@H](C)CN2C(=O)OCc2ccccc2)c2cccnc21. The first-order valence-corrected chi connectivity index (χ1v) is 9.96. The number of ether oxygens (including phenoxy) is 1. The number of benzene rings is 1. The van der Waals surface area contributed by atoms with E-state index in [4.69, 9.17) is 4.74 Å². The molecule has 6 nitrogen and oxygen atoms in total. The molecule has 0 radical (unpaired) electrons. The lowest BCUT2D eigenvalue weighted by atomic mass is 10.0. The van der Waals surface area contributed by atoms with Gasteiger partial charge in [-0.15, -0.1) is 0 Å². The second-order valence-electron chi connectivity index (χ2n) is 7.81. The largest absolute Gasteiger partial charge is 0.445 e. The van der Waals surface area contributed by atoms with Gasteiger partial charge in [-0.25, -0.2) is 9.78 Å². The molecular formula is C23H25N3O3. The Morgan fingerprint density at radius 2 is 1.97 bits per heavy atom.